The highest BCUT2D eigenvalue weighted by Crippen LogP contribution is 2.32. The number of halogens is 1. The summed E-state index contributed by atoms with van der Waals surface area (Å²) in [7, 11) is 5.77. The van der Waals surface area contributed by atoms with Gasteiger partial charge in [0.2, 0.25) is 11.9 Å². The fourth-order valence-electron chi connectivity index (χ4n) is 5.40. The van der Waals surface area contributed by atoms with Gasteiger partial charge in [0.1, 0.15) is 6.54 Å². The number of nitrogens with one attached hydrogen (secondary N) is 1. The monoisotopic (exact) mass is 472 g/mol. The number of likely N-dealkylation sites (tertiary alicyclic amines) is 1. The van der Waals surface area contributed by atoms with Crippen LogP contribution in [-0.4, -0.2) is 66.2 Å². The summed E-state index contributed by atoms with van der Waals surface area (Å²) in [5.74, 6) is 1.29. The Morgan fingerprint density at radius 2 is 1.79 bits per heavy atom. The quantitative estimate of drug-likeness (QED) is 0.466. The van der Waals surface area contributed by atoms with Crippen molar-refractivity contribution in [1.82, 2.24) is 24.3 Å². The molecule has 1 aromatic heterocycles. The highest BCUT2D eigenvalue weighted by Gasteiger charge is 2.40. The van der Waals surface area contributed by atoms with Crippen molar-refractivity contribution in [2.24, 2.45) is 0 Å². The predicted molar refractivity (Wildman–Crippen MR) is 134 cm³/mol. The Bertz CT molecular complexity index is 958. The van der Waals surface area contributed by atoms with Gasteiger partial charge in [-0.3, -0.25) is 4.48 Å². The highest BCUT2D eigenvalue weighted by atomic mass is 19.1. The zero-order chi connectivity index (χ0) is 24.1. The summed E-state index contributed by atoms with van der Waals surface area (Å²) in [6.45, 7) is 2.56. The lowest BCUT2D eigenvalue weighted by molar-refractivity contribution is 0.135. The van der Waals surface area contributed by atoms with Crippen LogP contribution < -0.4 is 20.3 Å². The average molecular weight is 473 g/mol. The number of rotatable bonds is 7. The summed E-state index contributed by atoms with van der Waals surface area (Å²) in [6, 6.07) is 5.80. The van der Waals surface area contributed by atoms with Crippen molar-refractivity contribution >= 4 is 17.8 Å². The van der Waals surface area contributed by atoms with E-state index in [1.54, 1.807) is 12.1 Å². The molecule has 0 bridgehead atoms. The van der Waals surface area contributed by atoms with Crippen molar-refractivity contribution in [1.29, 1.82) is 0 Å². The Balaban J connectivity index is 1.66. The molecule has 1 aliphatic carbocycles. The third kappa shape index (κ3) is 5.75. The Morgan fingerprint density at radius 1 is 1.09 bits per heavy atom. The number of aromatic nitrogens is 3. The molecular weight excluding hydrogens is 433 g/mol. The summed E-state index contributed by atoms with van der Waals surface area (Å²) in [6.07, 6.45) is 9.25. The molecule has 0 radical (unpaired) electrons. The molecule has 8 nitrogen and oxygen atoms in total. The van der Waals surface area contributed by atoms with Crippen LogP contribution in [0.5, 0.6) is 5.75 Å². The first-order valence-corrected chi connectivity index (χ1v) is 12.5. The number of anilines is 2. The lowest BCUT2D eigenvalue weighted by Gasteiger charge is -2.42. The molecule has 3 N–H and O–H groups in total. The van der Waals surface area contributed by atoms with Gasteiger partial charge >= 0.3 is 5.95 Å². The number of nitrogens with two attached hydrogens (primary N) is 1. The van der Waals surface area contributed by atoms with Crippen LogP contribution in [0.15, 0.2) is 18.2 Å². The van der Waals surface area contributed by atoms with Crippen LogP contribution in [0, 0.1) is 5.82 Å². The van der Waals surface area contributed by atoms with E-state index in [-0.39, 0.29) is 23.6 Å². The standard InChI is InChI=1S/C25H39FN7O/c1-32-14-12-20(13-15-32)33(2,17-18-10-11-22(34-3)21(26)16-18)25-30-23(27)29-24(31-25)28-19-8-6-4-5-7-9-19/h10-11,16,19-20H,4-9,12-15,17H2,1-3H3,(H3,27,28,29,30,31)/q+1. The van der Waals surface area contributed by atoms with Gasteiger partial charge in [-0.05, 0) is 38.1 Å². The maximum Gasteiger partial charge on any atom is 0.335 e. The van der Waals surface area contributed by atoms with Gasteiger partial charge in [0.25, 0.3) is 0 Å². The second-order valence-electron chi connectivity index (χ2n) is 10.1. The summed E-state index contributed by atoms with van der Waals surface area (Å²) in [5, 5.41) is 3.54. The zero-order valence-corrected chi connectivity index (χ0v) is 20.8. The van der Waals surface area contributed by atoms with Crippen molar-refractivity contribution < 1.29 is 9.13 Å². The van der Waals surface area contributed by atoms with E-state index < -0.39 is 0 Å². The van der Waals surface area contributed by atoms with E-state index in [1.165, 1.54) is 32.8 Å². The first-order valence-electron chi connectivity index (χ1n) is 12.5. The molecule has 34 heavy (non-hydrogen) atoms. The summed E-state index contributed by atoms with van der Waals surface area (Å²) < 4.78 is 20.1. The number of nitrogens with zero attached hydrogens (tertiary/aromatic N) is 5. The first kappa shape index (κ1) is 24.6. The first-order chi connectivity index (χ1) is 16.4. The number of hydrogen-bond acceptors (Lipinski definition) is 7. The third-order valence-corrected chi connectivity index (χ3v) is 7.51. The Hall–Kier alpha value is -2.52. The van der Waals surface area contributed by atoms with Crippen molar-refractivity contribution in [3.63, 3.8) is 0 Å². The van der Waals surface area contributed by atoms with Crippen LogP contribution in [0.4, 0.5) is 22.2 Å². The van der Waals surface area contributed by atoms with Gasteiger partial charge in [-0.2, -0.15) is 4.98 Å². The molecule has 0 amide bonds. The van der Waals surface area contributed by atoms with Crippen molar-refractivity contribution in [3.05, 3.63) is 29.6 Å². The topological polar surface area (TPSA) is 89.2 Å². The molecule has 186 valence electrons. The van der Waals surface area contributed by atoms with Crippen molar-refractivity contribution in [3.8, 4) is 5.75 Å². The summed E-state index contributed by atoms with van der Waals surface area (Å²) >= 11 is 0. The Labute approximate surface area is 202 Å². The third-order valence-electron chi connectivity index (χ3n) is 7.51. The van der Waals surface area contributed by atoms with Gasteiger partial charge < -0.3 is 20.7 Å². The maximum absolute atomic E-state index is 14.5. The molecule has 1 unspecified atom stereocenters. The van der Waals surface area contributed by atoms with E-state index in [4.69, 9.17) is 15.5 Å². The Morgan fingerprint density at radius 3 is 2.44 bits per heavy atom. The molecule has 2 aliphatic rings. The molecular formula is C25H39FN7O+. The van der Waals surface area contributed by atoms with E-state index >= 15 is 0 Å². The zero-order valence-electron chi connectivity index (χ0n) is 20.8. The molecule has 1 saturated heterocycles. The van der Waals surface area contributed by atoms with Crippen molar-refractivity contribution in [2.75, 3.05) is 45.3 Å². The van der Waals surface area contributed by atoms with Crippen LogP contribution in [-0.2, 0) is 6.54 Å². The normalized spacial score (nSPS) is 20.5. The molecule has 4 rings (SSSR count). The molecule has 2 fully saturated rings. The van der Waals surface area contributed by atoms with Crippen LogP contribution in [0.2, 0.25) is 0 Å². The lowest BCUT2D eigenvalue weighted by atomic mass is 10.00. The Kier molecular flexibility index (Phi) is 7.83. The molecule has 2 aromatic rings. The average Bonchev–Trinajstić information content (AvgIpc) is 3.08. The minimum absolute atomic E-state index is 0.222. The fourth-order valence-corrected chi connectivity index (χ4v) is 5.40. The molecule has 9 heteroatoms. The van der Waals surface area contributed by atoms with Gasteiger partial charge in [0.15, 0.2) is 11.6 Å². The number of piperidine rings is 1. The second-order valence-corrected chi connectivity index (χ2v) is 10.1. The fraction of sp³-hybridized carbons (Fsp3) is 0.640. The van der Waals surface area contributed by atoms with Gasteiger partial charge in [-0.1, -0.05) is 25.7 Å². The number of hydrogen-bond donors (Lipinski definition) is 2. The maximum atomic E-state index is 14.5. The molecule has 1 aliphatic heterocycles. The van der Waals surface area contributed by atoms with Gasteiger partial charge in [0, 0.05) is 37.5 Å². The number of benzene rings is 1. The second kappa shape index (κ2) is 10.8. The molecule has 1 saturated carbocycles. The van der Waals surface area contributed by atoms with Gasteiger partial charge in [-0.25, -0.2) is 4.39 Å². The van der Waals surface area contributed by atoms with Crippen LogP contribution >= 0.6 is 0 Å². The van der Waals surface area contributed by atoms with E-state index in [0.29, 0.717) is 29.0 Å². The summed E-state index contributed by atoms with van der Waals surface area (Å²) in [4.78, 5) is 16.3. The molecule has 1 aromatic carbocycles. The van der Waals surface area contributed by atoms with Crippen LogP contribution in [0.1, 0.15) is 56.9 Å². The van der Waals surface area contributed by atoms with Crippen molar-refractivity contribution in [2.45, 2.75) is 70.0 Å². The molecule has 2 heterocycles. The van der Waals surface area contributed by atoms with Crippen LogP contribution in [0.25, 0.3) is 0 Å². The van der Waals surface area contributed by atoms with Gasteiger partial charge in [-0.15, -0.1) is 9.97 Å². The van der Waals surface area contributed by atoms with E-state index in [2.05, 4.69) is 34.3 Å². The smallest absolute Gasteiger partial charge is 0.335 e. The largest absolute Gasteiger partial charge is 0.494 e. The molecule has 0 spiro atoms. The minimum atomic E-state index is -0.360. The van der Waals surface area contributed by atoms with E-state index in [9.17, 15) is 4.39 Å². The van der Waals surface area contributed by atoms with E-state index in [0.717, 1.165) is 44.3 Å². The summed E-state index contributed by atoms with van der Waals surface area (Å²) in [5.41, 5.74) is 7.07. The number of methoxy groups -OCH3 is 1. The minimum Gasteiger partial charge on any atom is -0.494 e. The lowest BCUT2D eigenvalue weighted by Crippen LogP contribution is -2.57. The number of quaternary nitrogens is 1. The predicted octanol–water partition coefficient (Wildman–Crippen LogP) is 3.97. The van der Waals surface area contributed by atoms with Crippen LogP contribution in [0.3, 0.4) is 0 Å². The van der Waals surface area contributed by atoms with E-state index in [1.807, 2.05) is 6.07 Å². The molecule has 1 atom stereocenters. The van der Waals surface area contributed by atoms with Gasteiger partial charge in [0.05, 0.1) is 20.2 Å². The SMILES string of the molecule is COc1ccc(C[N+](C)(c2nc(N)nc(NC3CCCCCC3)n2)C2CCN(C)CC2)cc1F. The highest BCUT2D eigenvalue weighted by molar-refractivity contribution is 5.42. The number of nitrogen functional groups attached to an aromatic ring is 1. The number of ether oxygens (including phenoxy) is 1.